The van der Waals surface area contributed by atoms with Crippen molar-refractivity contribution in [2.75, 3.05) is 12.4 Å². The number of nitrogens with two attached hydrogens (primary N) is 1. The van der Waals surface area contributed by atoms with Gasteiger partial charge in [0.15, 0.2) is 11.3 Å². The predicted octanol–water partition coefficient (Wildman–Crippen LogP) is 3.24. The molecule has 0 aliphatic rings. The van der Waals surface area contributed by atoms with Crippen LogP contribution in [0.1, 0.15) is 26.5 Å². The SMILES string of the molecule is COc1cc(F)cc2c(NC(=O)c3ccc(C)cc3)c(C(N)=O)oc12. The van der Waals surface area contributed by atoms with Gasteiger partial charge in [0, 0.05) is 11.6 Å². The van der Waals surface area contributed by atoms with Crippen molar-refractivity contribution in [1.82, 2.24) is 0 Å². The second kappa shape index (κ2) is 6.27. The fraction of sp³-hybridized carbons (Fsp3) is 0.111. The first-order valence-electron chi connectivity index (χ1n) is 7.38. The maximum Gasteiger partial charge on any atom is 0.286 e. The van der Waals surface area contributed by atoms with E-state index >= 15 is 0 Å². The van der Waals surface area contributed by atoms with Crippen molar-refractivity contribution in [2.24, 2.45) is 5.73 Å². The quantitative estimate of drug-likeness (QED) is 0.761. The van der Waals surface area contributed by atoms with Crippen LogP contribution in [-0.2, 0) is 0 Å². The monoisotopic (exact) mass is 342 g/mol. The van der Waals surface area contributed by atoms with Crippen LogP contribution in [0.25, 0.3) is 11.0 Å². The van der Waals surface area contributed by atoms with Gasteiger partial charge in [-0.15, -0.1) is 0 Å². The molecule has 0 saturated carbocycles. The Balaban J connectivity index is 2.12. The molecular weight excluding hydrogens is 327 g/mol. The van der Waals surface area contributed by atoms with E-state index in [2.05, 4.69) is 5.32 Å². The van der Waals surface area contributed by atoms with E-state index in [4.69, 9.17) is 14.9 Å². The van der Waals surface area contributed by atoms with E-state index in [1.54, 1.807) is 24.3 Å². The van der Waals surface area contributed by atoms with Crippen LogP contribution >= 0.6 is 0 Å². The van der Waals surface area contributed by atoms with Crippen molar-refractivity contribution in [3.63, 3.8) is 0 Å². The molecule has 0 radical (unpaired) electrons. The second-order valence-electron chi connectivity index (χ2n) is 5.48. The number of methoxy groups -OCH3 is 1. The first-order chi connectivity index (χ1) is 11.9. The number of halogens is 1. The van der Waals surface area contributed by atoms with Gasteiger partial charge in [-0.25, -0.2) is 4.39 Å². The number of nitrogens with one attached hydrogen (secondary N) is 1. The first kappa shape index (κ1) is 16.5. The summed E-state index contributed by atoms with van der Waals surface area (Å²) in [5.74, 6) is -2.16. The van der Waals surface area contributed by atoms with Gasteiger partial charge in [-0.1, -0.05) is 17.7 Å². The van der Waals surface area contributed by atoms with Gasteiger partial charge in [0.1, 0.15) is 11.5 Å². The van der Waals surface area contributed by atoms with Crippen LogP contribution in [0, 0.1) is 12.7 Å². The molecule has 0 aliphatic heterocycles. The third-order valence-corrected chi connectivity index (χ3v) is 3.72. The molecule has 3 aromatic rings. The van der Waals surface area contributed by atoms with E-state index in [-0.39, 0.29) is 28.2 Å². The molecule has 0 aliphatic carbocycles. The smallest absolute Gasteiger partial charge is 0.286 e. The van der Waals surface area contributed by atoms with Crippen molar-refractivity contribution in [3.8, 4) is 5.75 Å². The molecule has 1 heterocycles. The van der Waals surface area contributed by atoms with E-state index in [0.717, 1.165) is 17.7 Å². The molecule has 128 valence electrons. The average Bonchev–Trinajstić information content (AvgIpc) is 2.93. The van der Waals surface area contributed by atoms with Crippen LogP contribution in [-0.4, -0.2) is 18.9 Å². The molecule has 7 heteroatoms. The number of amides is 2. The third-order valence-electron chi connectivity index (χ3n) is 3.72. The molecule has 0 bridgehead atoms. The highest BCUT2D eigenvalue weighted by atomic mass is 19.1. The Kier molecular flexibility index (Phi) is 4.14. The maximum atomic E-state index is 13.8. The molecule has 2 aromatic carbocycles. The number of ether oxygens (including phenoxy) is 1. The number of aryl methyl sites for hydroxylation is 1. The number of benzene rings is 2. The minimum Gasteiger partial charge on any atom is -0.493 e. The van der Waals surface area contributed by atoms with E-state index in [9.17, 15) is 14.0 Å². The second-order valence-corrected chi connectivity index (χ2v) is 5.48. The number of hydrogen-bond acceptors (Lipinski definition) is 4. The van der Waals surface area contributed by atoms with Crippen LogP contribution in [0.2, 0.25) is 0 Å². The van der Waals surface area contributed by atoms with Gasteiger partial charge < -0.3 is 20.2 Å². The summed E-state index contributed by atoms with van der Waals surface area (Å²) in [5, 5.41) is 2.76. The van der Waals surface area contributed by atoms with Crippen LogP contribution in [0.5, 0.6) is 5.75 Å². The van der Waals surface area contributed by atoms with Crippen LogP contribution in [0.3, 0.4) is 0 Å². The summed E-state index contributed by atoms with van der Waals surface area (Å²) < 4.78 is 24.3. The highest BCUT2D eigenvalue weighted by molar-refractivity contribution is 6.14. The van der Waals surface area contributed by atoms with Gasteiger partial charge in [-0.05, 0) is 25.1 Å². The molecule has 25 heavy (non-hydrogen) atoms. The van der Waals surface area contributed by atoms with E-state index < -0.39 is 17.6 Å². The van der Waals surface area contributed by atoms with Gasteiger partial charge in [0.25, 0.3) is 11.8 Å². The van der Waals surface area contributed by atoms with Crippen LogP contribution in [0.4, 0.5) is 10.1 Å². The van der Waals surface area contributed by atoms with Gasteiger partial charge in [-0.2, -0.15) is 0 Å². The number of hydrogen-bond donors (Lipinski definition) is 2. The molecule has 0 saturated heterocycles. The number of anilines is 1. The number of furan rings is 1. The zero-order chi connectivity index (χ0) is 18.1. The number of carbonyl (C=O) groups excluding carboxylic acids is 2. The largest absolute Gasteiger partial charge is 0.493 e. The highest BCUT2D eigenvalue weighted by Gasteiger charge is 2.24. The Morgan fingerprint density at radius 1 is 1.20 bits per heavy atom. The number of rotatable bonds is 4. The van der Waals surface area contributed by atoms with Gasteiger partial charge in [-0.3, -0.25) is 9.59 Å². The minimum atomic E-state index is -0.891. The molecular formula is C18H15FN2O4. The lowest BCUT2D eigenvalue weighted by molar-refractivity contribution is 0.0977. The molecule has 0 fully saturated rings. The predicted molar refractivity (Wildman–Crippen MR) is 90.4 cm³/mol. The molecule has 0 atom stereocenters. The Labute approximate surface area is 142 Å². The summed E-state index contributed by atoms with van der Waals surface area (Å²) >= 11 is 0. The lowest BCUT2D eigenvalue weighted by Gasteiger charge is -2.06. The van der Waals surface area contributed by atoms with Crippen molar-refractivity contribution in [2.45, 2.75) is 6.92 Å². The number of primary amides is 1. The van der Waals surface area contributed by atoms with Crippen molar-refractivity contribution < 1.29 is 23.1 Å². The van der Waals surface area contributed by atoms with Crippen LogP contribution in [0.15, 0.2) is 40.8 Å². The molecule has 0 unspecified atom stereocenters. The molecule has 3 N–H and O–H groups in total. The fourth-order valence-corrected chi connectivity index (χ4v) is 2.47. The Morgan fingerprint density at radius 3 is 2.48 bits per heavy atom. The van der Waals surface area contributed by atoms with E-state index in [1.807, 2.05) is 6.92 Å². The summed E-state index contributed by atoms with van der Waals surface area (Å²) in [6, 6.07) is 9.08. The Bertz CT molecular complexity index is 977. The molecule has 2 amide bonds. The number of fused-ring (bicyclic) bond motifs is 1. The minimum absolute atomic E-state index is 0.00544. The van der Waals surface area contributed by atoms with E-state index in [1.165, 1.54) is 7.11 Å². The lowest BCUT2D eigenvalue weighted by atomic mass is 10.1. The van der Waals surface area contributed by atoms with Gasteiger partial charge >= 0.3 is 0 Å². The Morgan fingerprint density at radius 2 is 1.88 bits per heavy atom. The van der Waals surface area contributed by atoms with Gasteiger partial charge in [0.2, 0.25) is 5.76 Å². The topological polar surface area (TPSA) is 94.6 Å². The zero-order valence-electron chi connectivity index (χ0n) is 13.6. The third kappa shape index (κ3) is 3.03. The summed E-state index contributed by atoms with van der Waals surface area (Å²) in [4.78, 5) is 24.1. The lowest BCUT2D eigenvalue weighted by Crippen LogP contribution is -2.17. The average molecular weight is 342 g/mol. The zero-order valence-corrected chi connectivity index (χ0v) is 13.6. The van der Waals surface area contributed by atoms with Gasteiger partial charge in [0.05, 0.1) is 12.5 Å². The Hall–Kier alpha value is -3.35. The molecule has 6 nitrogen and oxygen atoms in total. The summed E-state index contributed by atoms with van der Waals surface area (Å²) in [7, 11) is 1.34. The summed E-state index contributed by atoms with van der Waals surface area (Å²) in [5.41, 5.74) is 6.82. The summed E-state index contributed by atoms with van der Waals surface area (Å²) in [6.45, 7) is 1.89. The summed E-state index contributed by atoms with van der Waals surface area (Å²) in [6.07, 6.45) is 0. The van der Waals surface area contributed by atoms with Crippen molar-refractivity contribution in [1.29, 1.82) is 0 Å². The fourth-order valence-electron chi connectivity index (χ4n) is 2.47. The molecule has 1 aromatic heterocycles. The van der Waals surface area contributed by atoms with Crippen molar-refractivity contribution >= 4 is 28.5 Å². The molecule has 0 spiro atoms. The van der Waals surface area contributed by atoms with Crippen molar-refractivity contribution in [3.05, 3.63) is 59.1 Å². The maximum absolute atomic E-state index is 13.8. The van der Waals surface area contributed by atoms with E-state index in [0.29, 0.717) is 5.56 Å². The number of carbonyl (C=O) groups is 2. The molecule has 3 rings (SSSR count). The highest BCUT2D eigenvalue weighted by Crippen LogP contribution is 2.37. The standard InChI is InChI=1S/C18H15FN2O4/c1-9-3-5-10(6-4-9)18(23)21-14-12-7-11(19)8-13(24-2)15(12)25-16(14)17(20)22/h3-8H,1-2H3,(H2,20,22)(H,21,23). The normalized spacial score (nSPS) is 10.7. The van der Waals surface area contributed by atoms with Crippen LogP contribution < -0.4 is 15.8 Å². The first-order valence-corrected chi connectivity index (χ1v) is 7.38.